The van der Waals surface area contributed by atoms with Crippen LogP contribution in [0.15, 0.2) is 72.8 Å². The summed E-state index contributed by atoms with van der Waals surface area (Å²) < 4.78 is 104. The van der Waals surface area contributed by atoms with E-state index in [4.69, 9.17) is 23.1 Å². The summed E-state index contributed by atoms with van der Waals surface area (Å²) in [5.41, 5.74) is 1.87. The molecule has 6 rings (SSSR count). The molecule has 318 valence electrons. The molecule has 0 aliphatic heterocycles. The van der Waals surface area contributed by atoms with Crippen molar-refractivity contribution >= 4 is 20.8 Å². The Labute approximate surface area is 396 Å². The summed E-state index contributed by atoms with van der Waals surface area (Å²) in [5.74, 6) is 1.36. The van der Waals surface area contributed by atoms with Gasteiger partial charge in [-0.1, -0.05) is 101 Å². The molecular formula is C43H60Na2O12S2. The molecule has 0 spiro atoms. The van der Waals surface area contributed by atoms with Crippen LogP contribution in [0, 0.1) is 52.3 Å². The second-order valence-electron chi connectivity index (χ2n) is 17.5. The summed E-state index contributed by atoms with van der Waals surface area (Å²) in [5, 5.41) is 0. The van der Waals surface area contributed by atoms with Crippen molar-refractivity contribution in [2.45, 2.75) is 111 Å². The van der Waals surface area contributed by atoms with E-state index in [0.717, 1.165) is 43.2 Å². The molecule has 2 aromatic rings. The fourth-order valence-electron chi connectivity index (χ4n) is 11.5. The fourth-order valence-corrected chi connectivity index (χ4v) is 12.4. The third-order valence-corrected chi connectivity index (χ3v) is 15.0. The number of rotatable bonds is 19. The van der Waals surface area contributed by atoms with Crippen molar-refractivity contribution in [3.63, 3.8) is 0 Å². The Balaban J connectivity index is 0.00000384. The number of ether oxygens (including phenoxy) is 4. The van der Waals surface area contributed by atoms with Gasteiger partial charge in [-0.3, -0.25) is 8.37 Å². The van der Waals surface area contributed by atoms with Gasteiger partial charge in [-0.15, -0.1) is 0 Å². The van der Waals surface area contributed by atoms with Crippen LogP contribution < -0.4 is 59.1 Å². The maximum atomic E-state index is 12.0. The van der Waals surface area contributed by atoms with Gasteiger partial charge in [0.25, 0.3) is 0 Å². The molecule has 4 aliphatic carbocycles. The van der Waals surface area contributed by atoms with Gasteiger partial charge in [-0.25, -0.2) is 16.8 Å². The zero-order valence-electron chi connectivity index (χ0n) is 35.6. The molecule has 0 N–H and O–H groups in total. The van der Waals surface area contributed by atoms with Crippen molar-refractivity contribution in [2.24, 2.45) is 52.3 Å². The average molecular weight is 879 g/mol. The normalized spacial score (nSPS) is 32.8. The predicted molar refractivity (Wildman–Crippen MR) is 210 cm³/mol. The van der Waals surface area contributed by atoms with Crippen LogP contribution in [0.25, 0.3) is 0 Å². The van der Waals surface area contributed by atoms with Crippen LogP contribution in [0.3, 0.4) is 0 Å². The Morgan fingerprint density at radius 3 is 1.90 bits per heavy atom. The quantitative estimate of drug-likeness (QED) is 0.0499. The van der Waals surface area contributed by atoms with Crippen molar-refractivity contribution < 1.29 is 112 Å². The number of benzene rings is 2. The summed E-state index contributed by atoms with van der Waals surface area (Å²) >= 11 is 0. The van der Waals surface area contributed by atoms with Crippen LogP contribution in [0.4, 0.5) is 0 Å². The topological polar surface area (TPSA) is 170 Å². The molecule has 0 bridgehead atoms. The largest absolute Gasteiger partial charge is 1.00 e. The molecule has 0 amide bonds. The standard InChI is InChI=1S/C43H62O12S2.2Na/c1-30(25-54-56(44,45)46)12-11-13-31(2)34-18-19-35-40-36(20-22-42(34,35)3)43(4)23-21-38(55-57(47,48)49)41(53-29-51-27-33-16-9-6-10-17-33)37(43)24-39(40)52-28-50-26-32-14-7-5-8-15-32;;/h5-12,14-17,30-31,34-41H,13,18-29H2,1-4H3,(H,44,45,46)(H,47,48,49);;/q;2*+1/p-2/b12-11+;;/t30-,31+,34+,35-,36-,37-,38+,39+,40-,41+,42+,43+;;/m0../s1. The van der Waals surface area contributed by atoms with Gasteiger partial charge in [0, 0.05) is 0 Å². The predicted octanol–water partition coefficient (Wildman–Crippen LogP) is 1.53. The molecule has 2 aromatic carbocycles. The molecule has 4 aliphatic rings. The van der Waals surface area contributed by atoms with E-state index in [9.17, 15) is 25.9 Å². The zero-order valence-corrected chi connectivity index (χ0v) is 41.2. The first-order valence-electron chi connectivity index (χ1n) is 20.4. The maximum absolute atomic E-state index is 12.0. The van der Waals surface area contributed by atoms with Crippen LogP contribution in [0.5, 0.6) is 0 Å². The average Bonchev–Trinajstić information content (AvgIpc) is 3.52. The first-order chi connectivity index (χ1) is 27.1. The molecule has 4 saturated carbocycles. The van der Waals surface area contributed by atoms with Crippen LogP contribution in [0.2, 0.25) is 0 Å². The zero-order chi connectivity index (χ0) is 40.8. The molecule has 12 atom stereocenters. The van der Waals surface area contributed by atoms with Gasteiger partial charge in [0.1, 0.15) is 19.7 Å². The Hall–Kier alpha value is -0.240. The van der Waals surface area contributed by atoms with E-state index in [2.05, 4.69) is 31.0 Å². The van der Waals surface area contributed by atoms with Crippen molar-refractivity contribution in [3.05, 3.63) is 83.9 Å². The minimum Gasteiger partial charge on any atom is -0.726 e. The number of hydrogen-bond acceptors (Lipinski definition) is 12. The second kappa shape index (κ2) is 22.6. The molecule has 12 nitrogen and oxygen atoms in total. The third-order valence-electron chi connectivity index (χ3n) is 14.1. The number of allylic oxidation sites excluding steroid dienone is 1. The molecule has 0 heterocycles. The summed E-state index contributed by atoms with van der Waals surface area (Å²) in [6.45, 7) is 9.50. The van der Waals surface area contributed by atoms with E-state index in [0.29, 0.717) is 50.2 Å². The minimum absolute atomic E-state index is 0. The van der Waals surface area contributed by atoms with Gasteiger partial charge >= 0.3 is 59.1 Å². The molecule has 59 heavy (non-hydrogen) atoms. The SMILES string of the molecule is C[C@H](C/C=C/[C@H](C)COS(=O)(=O)[O-])[C@H]1CC[C@H]2[C@@H]3[C@H](OCOCc4ccccc4)C[C@H]4[C@@H](OCOCc5ccccc5)[C@H](OS(=O)(=O)[O-])CC[C@]4(C)[C@H]3CC[C@]12C.[Na+].[Na+]. The molecule has 0 saturated heterocycles. The van der Waals surface area contributed by atoms with Gasteiger partial charge in [-0.2, -0.15) is 0 Å². The third kappa shape index (κ3) is 13.4. The van der Waals surface area contributed by atoms with Crippen LogP contribution in [-0.4, -0.2) is 64.4 Å². The van der Waals surface area contributed by atoms with E-state index >= 15 is 0 Å². The van der Waals surface area contributed by atoms with Crippen LogP contribution in [0.1, 0.15) is 90.2 Å². The van der Waals surface area contributed by atoms with Crippen molar-refractivity contribution in [1.82, 2.24) is 0 Å². The van der Waals surface area contributed by atoms with Crippen LogP contribution in [-0.2, 0) is 61.3 Å². The molecule has 0 aromatic heterocycles. The summed E-state index contributed by atoms with van der Waals surface area (Å²) in [6.07, 6.45) is 8.89. The van der Waals surface area contributed by atoms with Gasteiger partial charge in [0.2, 0.25) is 20.8 Å². The van der Waals surface area contributed by atoms with E-state index in [-0.39, 0.29) is 120 Å². The van der Waals surface area contributed by atoms with E-state index in [1.165, 1.54) is 0 Å². The van der Waals surface area contributed by atoms with E-state index in [1.807, 2.05) is 73.7 Å². The minimum atomic E-state index is -4.99. The van der Waals surface area contributed by atoms with E-state index < -0.39 is 33.0 Å². The molecule has 4 fully saturated rings. The van der Waals surface area contributed by atoms with Crippen molar-refractivity contribution in [3.8, 4) is 0 Å². The smallest absolute Gasteiger partial charge is 0.726 e. The molecular weight excluding hydrogens is 819 g/mol. The summed E-state index contributed by atoms with van der Waals surface area (Å²) in [4.78, 5) is 0. The van der Waals surface area contributed by atoms with Crippen molar-refractivity contribution in [1.29, 1.82) is 0 Å². The summed E-state index contributed by atoms with van der Waals surface area (Å²) in [6, 6.07) is 19.7. The number of fused-ring (bicyclic) bond motifs is 5. The van der Waals surface area contributed by atoms with Gasteiger partial charge in [-0.05, 0) is 115 Å². The van der Waals surface area contributed by atoms with Crippen molar-refractivity contribution in [2.75, 3.05) is 20.2 Å². The first-order valence-corrected chi connectivity index (χ1v) is 23.1. The van der Waals surface area contributed by atoms with Gasteiger partial charge < -0.3 is 28.1 Å². The summed E-state index contributed by atoms with van der Waals surface area (Å²) in [7, 11) is -9.72. The Bertz CT molecular complexity index is 1840. The second-order valence-corrected chi connectivity index (χ2v) is 19.6. The molecule has 0 radical (unpaired) electrons. The Kier molecular flexibility index (Phi) is 19.7. The maximum Gasteiger partial charge on any atom is 1.00 e. The monoisotopic (exact) mass is 878 g/mol. The Morgan fingerprint density at radius 2 is 1.31 bits per heavy atom. The molecule has 0 unspecified atom stereocenters. The molecule has 16 heteroatoms. The fraction of sp³-hybridized carbons (Fsp3) is 0.674. The van der Waals surface area contributed by atoms with Gasteiger partial charge in [0.15, 0.2) is 0 Å². The first kappa shape index (κ1) is 51.4. The Morgan fingerprint density at radius 1 is 0.729 bits per heavy atom. The van der Waals surface area contributed by atoms with Gasteiger partial charge in [0.05, 0.1) is 32.0 Å². The van der Waals surface area contributed by atoms with E-state index in [1.54, 1.807) is 0 Å². The number of hydrogen-bond donors (Lipinski definition) is 0. The van der Waals surface area contributed by atoms with Crippen LogP contribution >= 0.6 is 0 Å².